The second kappa shape index (κ2) is 5.29. The number of ether oxygens (including phenoxy) is 1. The number of hydrogen-bond acceptors (Lipinski definition) is 3. The van der Waals surface area contributed by atoms with Crippen molar-refractivity contribution in [2.24, 2.45) is 4.99 Å². The Labute approximate surface area is 116 Å². The first-order valence-electron chi connectivity index (χ1n) is 6.13. The Balaban J connectivity index is 2.35. The van der Waals surface area contributed by atoms with Crippen LogP contribution in [0.4, 0.5) is 4.39 Å². The van der Waals surface area contributed by atoms with Crippen LogP contribution in [-0.2, 0) is 9.53 Å². The van der Waals surface area contributed by atoms with Gasteiger partial charge in [0.1, 0.15) is 0 Å². The molecule has 0 fully saturated rings. The lowest BCUT2D eigenvalue weighted by Crippen LogP contribution is -2.45. The third-order valence-corrected chi connectivity index (χ3v) is 3.61. The van der Waals surface area contributed by atoms with E-state index in [1.165, 1.54) is 6.92 Å². The van der Waals surface area contributed by atoms with E-state index >= 15 is 4.39 Å². The largest absolute Gasteiger partial charge is 0.463 e. The minimum atomic E-state index is -2.18. The van der Waals surface area contributed by atoms with Crippen molar-refractivity contribution in [2.75, 3.05) is 13.2 Å². The highest BCUT2D eigenvalue weighted by Gasteiger charge is 2.54. The van der Waals surface area contributed by atoms with E-state index in [1.807, 2.05) is 0 Å². The van der Waals surface area contributed by atoms with E-state index in [0.717, 1.165) is 0 Å². The Morgan fingerprint density at radius 1 is 1.53 bits per heavy atom. The molecule has 102 valence electrons. The Morgan fingerprint density at radius 2 is 2.16 bits per heavy atom. The summed E-state index contributed by atoms with van der Waals surface area (Å²) in [5.74, 6) is -1.52. The monoisotopic (exact) mass is 283 g/mol. The number of alkyl halides is 1. The molecule has 1 aliphatic heterocycles. The number of hydrogen-bond donors (Lipinski definition) is 0. The first-order valence-corrected chi connectivity index (χ1v) is 6.51. The normalized spacial score (nSPS) is 26.1. The fraction of sp³-hybridized carbons (Fsp3) is 0.429. The minimum Gasteiger partial charge on any atom is -0.463 e. The van der Waals surface area contributed by atoms with Crippen molar-refractivity contribution in [2.45, 2.75) is 25.4 Å². The number of carbonyl (C=O) groups excluding carboxylic acids is 1. The Hall–Kier alpha value is -1.42. The lowest BCUT2D eigenvalue weighted by atomic mass is 9.83. The predicted octanol–water partition coefficient (Wildman–Crippen LogP) is 3.17. The molecule has 0 radical (unpaired) electrons. The van der Waals surface area contributed by atoms with Crippen molar-refractivity contribution in [3.05, 3.63) is 34.9 Å². The summed E-state index contributed by atoms with van der Waals surface area (Å²) >= 11 is 5.82. The maximum Gasteiger partial charge on any atom is 0.350 e. The lowest BCUT2D eigenvalue weighted by molar-refractivity contribution is -0.153. The van der Waals surface area contributed by atoms with Crippen molar-refractivity contribution < 1.29 is 13.9 Å². The third-order valence-electron chi connectivity index (χ3n) is 3.36. The molecule has 2 rings (SSSR count). The van der Waals surface area contributed by atoms with Crippen molar-refractivity contribution in [3.8, 4) is 0 Å². The fourth-order valence-electron chi connectivity index (χ4n) is 2.28. The van der Waals surface area contributed by atoms with Gasteiger partial charge in [-0.1, -0.05) is 23.7 Å². The quantitative estimate of drug-likeness (QED) is 0.799. The van der Waals surface area contributed by atoms with Crippen LogP contribution in [0.3, 0.4) is 0 Å². The maximum absolute atomic E-state index is 15.1. The van der Waals surface area contributed by atoms with Gasteiger partial charge in [0.15, 0.2) is 0 Å². The molecule has 2 atom stereocenters. The van der Waals surface area contributed by atoms with Gasteiger partial charge in [-0.25, -0.2) is 9.18 Å². The number of carbonyl (C=O) groups is 1. The minimum absolute atomic E-state index is 0.144. The SMILES string of the molecule is CCOC(=O)C1(F)C(C)=NCC1c1ccc(Cl)cc1. The van der Waals surface area contributed by atoms with Crippen molar-refractivity contribution >= 4 is 23.3 Å². The molecule has 0 saturated carbocycles. The standard InChI is InChI=1S/C14H15ClFNO2/c1-3-19-13(18)14(16)9(2)17-8-12(14)10-4-6-11(15)7-5-10/h4-7,12H,3,8H2,1-2H3. The van der Waals surface area contributed by atoms with E-state index in [0.29, 0.717) is 10.6 Å². The average molecular weight is 284 g/mol. The fourth-order valence-corrected chi connectivity index (χ4v) is 2.40. The second-order valence-corrected chi connectivity index (χ2v) is 4.90. The average Bonchev–Trinajstić information content (AvgIpc) is 2.69. The van der Waals surface area contributed by atoms with Crippen molar-refractivity contribution in [3.63, 3.8) is 0 Å². The number of nitrogens with zero attached hydrogens (tertiary/aromatic N) is 1. The van der Waals surface area contributed by atoms with Crippen LogP contribution in [0, 0.1) is 0 Å². The van der Waals surface area contributed by atoms with Gasteiger partial charge in [-0.2, -0.15) is 0 Å². The summed E-state index contributed by atoms with van der Waals surface area (Å²) in [5, 5.41) is 0.569. The van der Waals surface area contributed by atoms with Crippen molar-refractivity contribution in [1.29, 1.82) is 0 Å². The van der Waals surface area contributed by atoms with Crippen LogP contribution in [0.15, 0.2) is 29.3 Å². The summed E-state index contributed by atoms with van der Waals surface area (Å²) in [6, 6.07) is 6.79. The molecule has 1 heterocycles. The third kappa shape index (κ3) is 2.37. The topological polar surface area (TPSA) is 38.7 Å². The number of esters is 1. The van der Waals surface area contributed by atoms with Gasteiger partial charge >= 0.3 is 5.97 Å². The number of benzene rings is 1. The predicted molar refractivity (Wildman–Crippen MR) is 72.6 cm³/mol. The van der Waals surface area contributed by atoms with Crippen LogP contribution in [0.1, 0.15) is 25.3 Å². The zero-order valence-electron chi connectivity index (χ0n) is 10.8. The van der Waals surface area contributed by atoms with Gasteiger partial charge < -0.3 is 4.74 Å². The molecule has 0 aliphatic carbocycles. The number of halogens is 2. The van der Waals surface area contributed by atoms with Crippen LogP contribution in [-0.4, -0.2) is 30.5 Å². The zero-order chi connectivity index (χ0) is 14.0. The second-order valence-electron chi connectivity index (χ2n) is 4.46. The summed E-state index contributed by atoms with van der Waals surface area (Å²) < 4.78 is 20.0. The highest BCUT2D eigenvalue weighted by Crippen LogP contribution is 2.39. The van der Waals surface area contributed by atoms with E-state index < -0.39 is 17.6 Å². The van der Waals surface area contributed by atoms with Crippen LogP contribution >= 0.6 is 11.6 Å². The smallest absolute Gasteiger partial charge is 0.350 e. The van der Waals surface area contributed by atoms with Gasteiger partial charge in [-0.15, -0.1) is 0 Å². The Bertz CT molecular complexity index is 515. The molecule has 0 bridgehead atoms. The number of rotatable bonds is 3. The molecule has 2 unspecified atom stereocenters. The number of aliphatic imine (C=N–C) groups is 1. The van der Waals surface area contributed by atoms with Gasteiger partial charge in [-0.05, 0) is 31.5 Å². The Kier molecular flexibility index (Phi) is 3.90. The summed E-state index contributed by atoms with van der Waals surface area (Å²) in [4.78, 5) is 16.0. The zero-order valence-corrected chi connectivity index (χ0v) is 11.6. The molecule has 1 aromatic rings. The summed E-state index contributed by atoms with van der Waals surface area (Å²) in [7, 11) is 0. The molecule has 19 heavy (non-hydrogen) atoms. The molecule has 0 saturated heterocycles. The first kappa shape index (κ1) is 14.0. The van der Waals surface area contributed by atoms with Crippen LogP contribution in [0.25, 0.3) is 0 Å². The van der Waals surface area contributed by atoms with E-state index in [1.54, 1.807) is 31.2 Å². The highest BCUT2D eigenvalue weighted by atomic mass is 35.5. The highest BCUT2D eigenvalue weighted by molar-refractivity contribution is 6.30. The maximum atomic E-state index is 15.1. The van der Waals surface area contributed by atoms with Gasteiger partial charge in [0.25, 0.3) is 5.67 Å². The Morgan fingerprint density at radius 3 is 2.74 bits per heavy atom. The lowest BCUT2D eigenvalue weighted by Gasteiger charge is -2.25. The molecule has 5 heteroatoms. The van der Waals surface area contributed by atoms with E-state index in [-0.39, 0.29) is 18.9 Å². The molecule has 0 N–H and O–H groups in total. The summed E-state index contributed by atoms with van der Waals surface area (Å²) in [5.41, 5.74) is -1.31. The molecule has 3 nitrogen and oxygen atoms in total. The van der Waals surface area contributed by atoms with Crippen LogP contribution < -0.4 is 0 Å². The van der Waals surface area contributed by atoms with Gasteiger partial charge in [0.05, 0.1) is 18.2 Å². The van der Waals surface area contributed by atoms with Gasteiger partial charge in [0.2, 0.25) is 0 Å². The molecule has 0 amide bonds. The molecular weight excluding hydrogens is 269 g/mol. The summed E-state index contributed by atoms with van der Waals surface area (Å²) in [6.45, 7) is 3.56. The molecule has 1 aliphatic rings. The van der Waals surface area contributed by atoms with Gasteiger partial charge in [0, 0.05) is 11.6 Å². The van der Waals surface area contributed by atoms with E-state index in [2.05, 4.69) is 4.99 Å². The molecule has 1 aromatic carbocycles. The molecule has 0 aromatic heterocycles. The van der Waals surface area contributed by atoms with Gasteiger partial charge in [-0.3, -0.25) is 4.99 Å². The molecule has 0 spiro atoms. The van der Waals surface area contributed by atoms with E-state index in [9.17, 15) is 4.79 Å². The first-order chi connectivity index (χ1) is 9.00. The van der Waals surface area contributed by atoms with E-state index in [4.69, 9.17) is 16.3 Å². The van der Waals surface area contributed by atoms with Crippen LogP contribution in [0.2, 0.25) is 5.02 Å². The van der Waals surface area contributed by atoms with Crippen LogP contribution in [0.5, 0.6) is 0 Å². The summed E-state index contributed by atoms with van der Waals surface area (Å²) in [6.07, 6.45) is 0. The van der Waals surface area contributed by atoms with Crippen molar-refractivity contribution in [1.82, 2.24) is 0 Å². The molecular formula is C14H15ClFNO2.